The molecule has 0 saturated carbocycles. The minimum Gasteiger partial charge on any atom is -0.492 e. The maximum atomic E-state index is 15.8. The molecular weight excluding hydrogens is 385 g/mol. The minimum atomic E-state index is -0.235. The van der Waals surface area contributed by atoms with E-state index < -0.39 is 0 Å². The summed E-state index contributed by atoms with van der Waals surface area (Å²) in [7, 11) is 1.70. The van der Waals surface area contributed by atoms with E-state index >= 15 is 4.39 Å². The van der Waals surface area contributed by atoms with Crippen LogP contribution in [0, 0.1) is 5.82 Å². The Morgan fingerprint density at radius 2 is 2.20 bits per heavy atom. The van der Waals surface area contributed by atoms with Crippen molar-refractivity contribution in [2.24, 2.45) is 0 Å². The molecule has 4 rings (SSSR count). The van der Waals surface area contributed by atoms with Crippen molar-refractivity contribution >= 4 is 11.3 Å². The summed E-state index contributed by atoms with van der Waals surface area (Å²) in [6.45, 7) is 5.89. The van der Waals surface area contributed by atoms with Gasteiger partial charge in [0.1, 0.15) is 12.0 Å². The first kappa shape index (κ1) is 21.5. The highest BCUT2D eigenvalue weighted by molar-refractivity contribution is 5.77. The first-order valence-corrected chi connectivity index (χ1v) is 11.0. The van der Waals surface area contributed by atoms with Gasteiger partial charge in [-0.15, -0.1) is 0 Å². The third-order valence-electron chi connectivity index (χ3n) is 5.93. The summed E-state index contributed by atoms with van der Waals surface area (Å²) in [5.74, 6) is 0.498. The number of nitrogens with one attached hydrogen (secondary N) is 5. The molecule has 3 unspecified atom stereocenters. The van der Waals surface area contributed by atoms with Crippen LogP contribution in [-0.2, 0) is 11.2 Å². The topological polar surface area (TPSA) is 78.6 Å². The Hall–Kier alpha value is -1.71. The van der Waals surface area contributed by atoms with E-state index in [1.165, 1.54) is 0 Å². The van der Waals surface area contributed by atoms with Crippen molar-refractivity contribution in [2.45, 2.75) is 51.1 Å². The van der Waals surface area contributed by atoms with Gasteiger partial charge in [0.05, 0.1) is 30.6 Å². The van der Waals surface area contributed by atoms with Crippen LogP contribution in [0.5, 0.6) is 5.75 Å². The van der Waals surface area contributed by atoms with Crippen LogP contribution in [-0.4, -0.2) is 58.5 Å². The van der Waals surface area contributed by atoms with Gasteiger partial charge in [-0.05, 0) is 44.4 Å². The first-order chi connectivity index (χ1) is 14.7. The van der Waals surface area contributed by atoms with Crippen LogP contribution >= 0.6 is 0 Å². The fourth-order valence-electron chi connectivity index (χ4n) is 4.47. The maximum absolute atomic E-state index is 15.8. The van der Waals surface area contributed by atoms with Crippen LogP contribution in [0.1, 0.15) is 37.3 Å². The standard InChI is InChI=1S/C22H34FN5O2/c1-14-12-18(25-9-11-29-2)28-22(26-14)27-17-13-16-6-10-30-21(16)19(20(17)23)15-4-3-7-24-8-5-15/h5,13-14,18,22,24-28H,3-4,6-12H2,1-2H3. The summed E-state index contributed by atoms with van der Waals surface area (Å²) in [5.41, 5.74) is 3.26. The molecule has 3 atom stereocenters. The molecule has 0 amide bonds. The van der Waals surface area contributed by atoms with Crippen molar-refractivity contribution in [1.82, 2.24) is 21.3 Å². The molecule has 5 N–H and O–H groups in total. The van der Waals surface area contributed by atoms with Crippen molar-refractivity contribution < 1.29 is 13.9 Å². The monoisotopic (exact) mass is 419 g/mol. The van der Waals surface area contributed by atoms with E-state index in [1.807, 2.05) is 6.07 Å². The van der Waals surface area contributed by atoms with Crippen molar-refractivity contribution in [3.05, 3.63) is 29.1 Å². The lowest BCUT2D eigenvalue weighted by Crippen LogP contribution is -2.64. The Morgan fingerprint density at radius 1 is 1.30 bits per heavy atom. The highest BCUT2D eigenvalue weighted by Crippen LogP contribution is 2.41. The molecule has 1 aromatic carbocycles. The second-order valence-electron chi connectivity index (χ2n) is 8.28. The average molecular weight is 420 g/mol. The number of halogens is 1. The van der Waals surface area contributed by atoms with Crippen LogP contribution < -0.4 is 31.3 Å². The summed E-state index contributed by atoms with van der Waals surface area (Å²) in [6, 6.07) is 2.20. The van der Waals surface area contributed by atoms with Gasteiger partial charge < -0.3 is 20.1 Å². The molecule has 1 fully saturated rings. The zero-order chi connectivity index (χ0) is 20.9. The van der Waals surface area contributed by atoms with Crippen LogP contribution in [0.15, 0.2) is 12.1 Å². The highest BCUT2D eigenvalue weighted by atomic mass is 19.1. The molecule has 3 heterocycles. The largest absolute Gasteiger partial charge is 0.492 e. The normalized spacial score (nSPS) is 26.5. The SMILES string of the molecule is COCCNC1CC(C)NC(Nc2cc3c(c(C4=CCNCCC4)c2F)OCC3)N1. The predicted octanol–water partition coefficient (Wildman–Crippen LogP) is 1.76. The summed E-state index contributed by atoms with van der Waals surface area (Å²) in [6.07, 6.45) is 5.60. The van der Waals surface area contributed by atoms with Crippen LogP contribution in [0.2, 0.25) is 0 Å². The van der Waals surface area contributed by atoms with Gasteiger partial charge in [0.2, 0.25) is 0 Å². The van der Waals surface area contributed by atoms with Crippen molar-refractivity contribution in [2.75, 3.05) is 45.3 Å². The van der Waals surface area contributed by atoms with Gasteiger partial charge in [-0.2, -0.15) is 0 Å². The molecule has 1 saturated heterocycles. The lowest BCUT2D eigenvalue weighted by Gasteiger charge is -2.37. The molecule has 0 bridgehead atoms. The van der Waals surface area contributed by atoms with Crippen LogP contribution in [0.25, 0.3) is 5.57 Å². The maximum Gasteiger partial charge on any atom is 0.157 e. The second kappa shape index (κ2) is 10.1. The van der Waals surface area contributed by atoms with E-state index in [2.05, 4.69) is 39.6 Å². The quantitative estimate of drug-likeness (QED) is 0.431. The number of hydrogen-bond acceptors (Lipinski definition) is 7. The molecular formula is C22H34FN5O2. The third kappa shape index (κ3) is 4.95. The zero-order valence-electron chi connectivity index (χ0n) is 17.9. The molecule has 0 spiro atoms. The number of anilines is 1. The van der Waals surface area contributed by atoms with E-state index in [-0.39, 0.29) is 18.3 Å². The number of methoxy groups -OCH3 is 1. The Morgan fingerprint density at radius 3 is 3.07 bits per heavy atom. The Bertz CT molecular complexity index is 772. The summed E-state index contributed by atoms with van der Waals surface area (Å²) >= 11 is 0. The minimum absolute atomic E-state index is 0.129. The number of benzene rings is 1. The van der Waals surface area contributed by atoms with E-state index in [4.69, 9.17) is 9.47 Å². The Labute approximate surface area is 178 Å². The number of hydrogen-bond donors (Lipinski definition) is 5. The third-order valence-corrected chi connectivity index (χ3v) is 5.93. The van der Waals surface area contributed by atoms with Crippen LogP contribution in [0.4, 0.5) is 10.1 Å². The smallest absolute Gasteiger partial charge is 0.157 e. The molecule has 8 heteroatoms. The average Bonchev–Trinajstić information content (AvgIpc) is 3.01. The van der Waals surface area contributed by atoms with Gasteiger partial charge in [-0.3, -0.25) is 16.0 Å². The summed E-state index contributed by atoms with van der Waals surface area (Å²) in [4.78, 5) is 0. The Kier molecular flexibility index (Phi) is 7.22. The molecule has 3 aliphatic rings. The molecule has 3 aliphatic heterocycles. The molecule has 0 radical (unpaired) electrons. The molecule has 7 nitrogen and oxygen atoms in total. The van der Waals surface area contributed by atoms with Crippen molar-refractivity contribution in [3.8, 4) is 5.75 Å². The van der Waals surface area contributed by atoms with E-state index in [9.17, 15) is 0 Å². The van der Waals surface area contributed by atoms with Gasteiger partial charge in [0, 0.05) is 38.2 Å². The van der Waals surface area contributed by atoms with E-state index in [1.54, 1.807) is 7.11 Å². The van der Waals surface area contributed by atoms with Gasteiger partial charge in [0.25, 0.3) is 0 Å². The molecule has 1 aromatic rings. The molecule has 0 aromatic heterocycles. The number of fused-ring (bicyclic) bond motifs is 1. The first-order valence-electron chi connectivity index (χ1n) is 11.0. The molecule has 30 heavy (non-hydrogen) atoms. The van der Waals surface area contributed by atoms with E-state index in [0.717, 1.165) is 62.2 Å². The van der Waals surface area contributed by atoms with Gasteiger partial charge in [-0.1, -0.05) is 6.08 Å². The second-order valence-corrected chi connectivity index (χ2v) is 8.28. The summed E-state index contributed by atoms with van der Waals surface area (Å²) < 4.78 is 26.7. The van der Waals surface area contributed by atoms with Crippen LogP contribution in [0.3, 0.4) is 0 Å². The van der Waals surface area contributed by atoms with E-state index in [0.29, 0.717) is 30.5 Å². The number of allylic oxidation sites excluding steroid dienone is 1. The highest BCUT2D eigenvalue weighted by Gasteiger charge is 2.29. The number of ether oxygens (including phenoxy) is 2. The molecule has 0 aliphatic carbocycles. The predicted molar refractivity (Wildman–Crippen MR) is 117 cm³/mol. The van der Waals surface area contributed by atoms with Crippen molar-refractivity contribution in [3.63, 3.8) is 0 Å². The van der Waals surface area contributed by atoms with Gasteiger partial charge in [-0.25, -0.2) is 4.39 Å². The van der Waals surface area contributed by atoms with Gasteiger partial charge >= 0.3 is 0 Å². The Balaban J connectivity index is 1.55. The fraction of sp³-hybridized carbons (Fsp3) is 0.636. The lowest BCUT2D eigenvalue weighted by atomic mass is 9.96. The van der Waals surface area contributed by atoms with Gasteiger partial charge in [0.15, 0.2) is 5.82 Å². The molecule has 166 valence electrons. The lowest BCUT2D eigenvalue weighted by molar-refractivity contribution is 0.178. The summed E-state index contributed by atoms with van der Waals surface area (Å²) in [5, 5.41) is 17.1. The fourth-order valence-corrected chi connectivity index (χ4v) is 4.47. The number of rotatable bonds is 7. The van der Waals surface area contributed by atoms with Crippen molar-refractivity contribution in [1.29, 1.82) is 0 Å². The zero-order valence-corrected chi connectivity index (χ0v) is 17.9.